The summed E-state index contributed by atoms with van der Waals surface area (Å²) in [5, 5.41) is 12.8. The van der Waals surface area contributed by atoms with Crippen LogP contribution in [0.5, 0.6) is 5.75 Å². The molecule has 2 heterocycles. The van der Waals surface area contributed by atoms with Crippen LogP contribution < -0.4 is 5.63 Å². The first kappa shape index (κ1) is 11.0. The molecule has 0 amide bonds. The monoisotopic (exact) mass is 259 g/mol. The molecule has 5 heteroatoms. The number of phenols is 1. The molecule has 0 spiro atoms. The van der Waals surface area contributed by atoms with Gasteiger partial charge in [0.1, 0.15) is 11.3 Å². The molecule has 0 aliphatic carbocycles. The Balaban J connectivity index is 2.28. The lowest BCUT2D eigenvalue weighted by atomic mass is 10.1. The summed E-state index contributed by atoms with van der Waals surface area (Å²) >= 11 is 1.48. The van der Waals surface area contributed by atoms with Crippen LogP contribution in [-0.4, -0.2) is 10.1 Å². The lowest BCUT2D eigenvalue weighted by molar-refractivity contribution is 0.473. The van der Waals surface area contributed by atoms with Gasteiger partial charge in [-0.3, -0.25) is 0 Å². The largest absolute Gasteiger partial charge is 0.508 e. The first-order valence-electron chi connectivity index (χ1n) is 5.33. The van der Waals surface area contributed by atoms with Crippen molar-refractivity contribution in [2.75, 3.05) is 0 Å². The summed E-state index contributed by atoms with van der Waals surface area (Å²) in [7, 11) is 0. The number of benzene rings is 1. The number of aromatic hydroxyl groups is 1. The van der Waals surface area contributed by atoms with Gasteiger partial charge in [0.05, 0.1) is 16.3 Å². The molecule has 0 radical (unpaired) electrons. The quantitative estimate of drug-likeness (QED) is 0.682. The van der Waals surface area contributed by atoms with Gasteiger partial charge in [0.15, 0.2) is 0 Å². The molecule has 0 unspecified atom stereocenters. The Bertz CT molecular complexity index is 788. The highest BCUT2D eigenvalue weighted by Crippen LogP contribution is 2.24. The van der Waals surface area contributed by atoms with Crippen LogP contribution in [0.1, 0.15) is 5.01 Å². The van der Waals surface area contributed by atoms with E-state index in [2.05, 4.69) is 4.98 Å². The maximum absolute atomic E-state index is 11.9. The summed E-state index contributed by atoms with van der Waals surface area (Å²) in [6.07, 6.45) is 0. The number of thiazole rings is 1. The van der Waals surface area contributed by atoms with E-state index >= 15 is 0 Å². The molecule has 0 fully saturated rings. The standard InChI is InChI=1S/C13H9NO3S/c1-7-14-11(6-18-7)10-4-8-2-3-9(15)5-12(8)17-13(10)16/h2-6,15H,1H3. The minimum Gasteiger partial charge on any atom is -0.508 e. The Kier molecular flexibility index (Phi) is 2.41. The average molecular weight is 259 g/mol. The topological polar surface area (TPSA) is 63.3 Å². The van der Waals surface area contributed by atoms with Gasteiger partial charge in [0, 0.05) is 16.8 Å². The van der Waals surface area contributed by atoms with Crippen LogP contribution in [0.15, 0.2) is 38.9 Å². The zero-order valence-electron chi connectivity index (χ0n) is 9.51. The number of aromatic nitrogens is 1. The summed E-state index contributed by atoms with van der Waals surface area (Å²) in [5.41, 5.74) is 0.993. The Morgan fingerprint density at radius 1 is 1.33 bits per heavy atom. The third kappa shape index (κ3) is 1.78. The lowest BCUT2D eigenvalue weighted by Crippen LogP contribution is -2.02. The molecular weight excluding hydrogens is 250 g/mol. The fraction of sp³-hybridized carbons (Fsp3) is 0.0769. The van der Waals surface area contributed by atoms with E-state index in [1.54, 1.807) is 18.2 Å². The van der Waals surface area contributed by atoms with Crippen molar-refractivity contribution < 1.29 is 9.52 Å². The third-order valence-corrected chi connectivity index (χ3v) is 3.39. The van der Waals surface area contributed by atoms with Crippen molar-refractivity contribution in [3.63, 3.8) is 0 Å². The van der Waals surface area contributed by atoms with Crippen LogP contribution in [0.3, 0.4) is 0 Å². The number of nitrogens with zero attached hydrogens (tertiary/aromatic N) is 1. The normalized spacial score (nSPS) is 10.9. The predicted octanol–water partition coefficient (Wildman–Crippen LogP) is 2.93. The third-order valence-electron chi connectivity index (χ3n) is 2.61. The zero-order chi connectivity index (χ0) is 12.7. The Labute approximate surface area is 106 Å². The molecule has 0 aliphatic rings. The minimum atomic E-state index is -0.446. The maximum Gasteiger partial charge on any atom is 0.345 e. The molecule has 3 rings (SSSR count). The molecule has 0 bridgehead atoms. The lowest BCUT2D eigenvalue weighted by Gasteiger charge is -2.00. The molecule has 1 aromatic carbocycles. The molecular formula is C13H9NO3S. The highest BCUT2D eigenvalue weighted by Gasteiger charge is 2.10. The Morgan fingerprint density at radius 3 is 2.89 bits per heavy atom. The van der Waals surface area contributed by atoms with E-state index in [0.717, 1.165) is 10.4 Å². The molecule has 2 aromatic heterocycles. The Hall–Kier alpha value is -2.14. The molecule has 3 aromatic rings. The summed E-state index contributed by atoms with van der Waals surface area (Å²) in [4.78, 5) is 16.1. The van der Waals surface area contributed by atoms with E-state index in [4.69, 9.17) is 4.42 Å². The van der Waals surface area contributed by atoms with Crippen molar-refractivity contribution >= 4 is 22.3 Å². The van der Waals surface area contributed by atoms with Crippen molar-refractivity contribution in [3.05, 3.63) is 45.1 Å². The SMILES string of the molecule is Cc1nc(-c2cc3ccc(O)cc3oc2=O)cs1. The number of hydrogen-bond acceptors (Lipinski definition) is 5. The fourth-order valence-electron chi connectivity index (χ4n) is 1.77. The number of hydrogen-bond donors (Lipinski definition) is 1. The fourth-order valence-corrected chi connectivity index (χ4v) is 2.38. The van der Waals surface area contributed by atoms with Gasteiger partial charge in [-0.15, -0.1) is 11.3 Å². The summed E-state index contributed by atoms with van der Waals surface area (Å²) in [6, 6.07) is 6.41. The van der Waals surface area contributed by atoms with Crippen molar-refractivity contribution in [2.24, 2.45) is 0 Å². The van der Waals surface area contributed by atoms with Crippen LogP contribution in [0, 0.1) is 6.92 Å². The van der Waals surface area contributed by atoms with Crippen LogP contribution in [-0.2, 0) is 0 Å². The van der Waals surface area contributed by atoms with Gasteiger partial charge in [-0.2, -0.15) is 0 Å². The van der Waals surface area contributed by atoms with E-state index in [1.165, 1.54) is 17.4 Å². The second kappa shape index (κ2) is 3.96. The van der Waals surface area contributed by atoms with E-state index in [0.29, 0.717) is 16.8 Å². The second-order valence-corrected chi connectivity index (χ2v) is 4.98. The first-order valence-corrected chi connectivity index (χ1v) is 6.21. The summed E-state index contributed by atoms with van der Waals surface area (Å²) < 4.78 is 5.19. The second-order valence-electron chi connectivity index (χ2n) is 3.92. The highest BCUT2D eigenvalue weighted by molar-refractivity contribution is 7.09. The molecule has 0 atom stereocenters. The summed E-state index contributed by atoms with van der Waals surface area (Å²) in [5.74, 6) is 0.0721. The van der Waals surface area contributed by atoms with Crippen molar-refractivity contribution in [2.45, 2.75) is 6.92 Å². The average Bonchev–Trinajstić information content (AvgIpc) is 2.74. The van der Waals surface area contributed by atoms with Crippen molar-refractivity contribution in [1.82, 2.24) is 4.98 Å². The van der Waals surface area contributed by atoms with Gasteiger partial charge in [0.25, 0.3) is 0 Å². The highest BCUT2D eigenvalue weighted by atomic mass is 32.1. The predicted molar refractivity (Wildman–Crippen MR) is 70.0 cm³/mol. The number of fused-ring (bicyclic) bond motifs is 1. The van der Waals surface area contributed by atoms with Crippen molar-refractivity contribution in [3.8, 4) is 17.0 Å². The van der Waals surface area contributed by atoms with Gasteiger partial charge >= 0.3 is 5.63 Å². The number of phenolic OH excluding ortho intramolecular Hbond substituents is 1. The van der Waals surface area contributed by atoms with Crippen LogP contribution >= 0.6 is 11.3 Å². The Morgan fingerprint density at radius 2 is 2.17 bits per heavy atom. The number of aryl methyl sites for hydroxylation is 1. The smallest absolute Gasteiger partial charge is 0.345 e. The van der Waals surface area contributed by atoms with E-state index < -0.39 is 5.63 Å². The van der Waals surface area contributed by atoms with E-state index in [-0.39, 0.29) is 5.75 Å². The summed E-state index contributed by atoms with van der Waals surface area (Å²) in [6.45, 7) is 1.88. The van der Waals surface area contributed by atoms with Gasteiger partial charge in [-0.05, 0) is 25.1 Å². The first-order chi connectivity index (χ1) is 8.63. The van der Waals surface area contributed by atoms with E-state index in [1.807, 2.05) is 12.3 Å². The molecule has 0 aliphatic heterocycles. The van der Waals surface area contributed by atoms with Gasteiger partial charge in [-0.1, -0.05) is 0 Å². The van der Waals surface area contributed by atoms with Gasteiger partial charge < -0.3 is 9.52 Å². The maximum atomic E-state index is 11.9. The zero-order valence-corrected chi connectivity index (χ0v) is 10.3. The molecule has 0 saturated heterocycles. The van der Waals surface area contributed by atoms with Crippen LogP contribution in [0.2, 0.25) is 0 Å². The number of rotatable bonds is 1. The van der Waals surface area contributed by atoms with Crippen molar-refractivity contribution in [1.29, 1.82) is 0 Å². The van der Waals surface area contributed by atoms with Crippen LogP contribution in [0.25, 0.3) is 22.2 Å². The minimum absolute atomic E-state index is 0.0721. The molecule has 90 valence electrons. The molecule has 4 nitrogen and oxygen atoms in total. The molecule has 1 N–H and O–H groups in total. The van der Waals surface area contributed by atoms with Gasteiger partial charge in [0.2, 0.25) is 0 Å². The van der Waals surface area contributed by atoms with E-state index in [9.17, 15) is 9.90 Å². The van der Waals surface area contributed by atoms with Gasteiger partial charge in [-0.25, -0.2) is 9.78 Å². The molecule has 18 heavy (non-hydrogen) atoms. The molecule has 0 saturated carbocycles. The van der Waals surface area contributed by atoms with Crippen LogP contribution in [0.4, 0.5) is 0 Å².